The molecular weight excluding hydrogens is 310 g/mol. The average Bonchev–Trinajstić information content (AvgIpc) is 2.70. The number of pyridine rings is 1. The Balaban J connectivity index is 1.56. The van der Waals surface area contributed by atoms with E-state index in [4.69, 9.17) is 0 Å². The highest BCUT2D eigenvalue weighted by Crippen LogP contribution is 2.13. The quantitative estimate of drug-likeness (QED) is 0.688. The zero-order chi connectivity index (χ0) is 17.5. The van der Waals surface area contributed by atoms with E-state index >= 15 is 0 Å². The van der Waals surface area contributed by atoms with E-state index in [-0.39, 0.29) is 0 Å². The number of nitrogens with one attached hydrogen (secondary N) is 1. The van der Waals surface area contributed by atoms with Crippen molar-refractivity contribution >= 4 is 11.8 Å². The zero-order valence-electron chi connectivity index (χ0n) is 15.2. The predicted octanol–water partition coefficient (Wildman–Crippen LogP) is 2.54. The Kier molecular flexibility index (Phi) is 5.88. The Morgan fingerprint density at radius 1 is 1.04 bits per heavy atom. The largest absolute Gasteiger partial charge is 0.353 e. The molecule has 0 atom stereocenters. The number of aromatic nitrogens is 1. The van der Waals surface area contributed by atoms with Crippen LogP contribution in [0.4, 0.5) is 5.82 Å². The van der Waals surface area contributed by atoms with Crippen molar-refractivity contribution in [3.63, 3.8) is 0 Å². The lowest BCUT2D eigenvalue weighted by atomic mass is 10.1. The van der Waals surface area contributed by atoms with Gasteiger partial charge in [-0.2, -0.15) is 0 Å². The van der Waals surface area contributed by atoms with E-state index in [1.807, 2.05) is 25.4 Å². The molecule has 25 heavy (non-hydrogen) atoms. The zero-order valence-corrected chi connectivity index (χ0v) is 15.2. The lowest BCUT2D eigenvalue weighted by Gasteiger charge is -2.37. The molecule has 1 N–H and O–H groups in total. The monoisotopic (exact) mass is 337 g/mol. The van der Waals surface area contributed by atoms with Crippen LogP contribution in [0.1, 0.15) is 18.1 Å². The molecule has 3 rings (SSSR count). The molecule has 1 saturated heterocycles. The third kappa shape index (κ3) is 4.29. The molecule has 132 valence electrons. The average molecular weight is 337 g/mol. The van der Waals surface area contributed by atoms with E-state index in [2.05, 4.69) is 62.3 Å². The van der Waals surface area contributed by atoms with Crippen LogP contribution in [0, 0.1) is 0 Å². The summed E-state index contributed by atoms with van der Waals surface area (Å²) in [5.41, 5.74) is 2.74. The van der Waals surface area contributed by atoms with Crippen LogP contribution < -0.4 is 10.2 Å². The lowest BCUT2D eigenvalue weighted by molar-refractivity contribution is 0.371. The van der Waals surface area contributed by atoms with Gasteiger partial charge in [0.05, 0.1) is 0 Å². The van der Waals surface area contributed by atoms with Gasteiger partial charge >= 0.3 is 0 Å². The highest BCUT2D eigenvalue weighted by molar-refractivity contribution is 5.80. The Labute approximate surface area is 150 Å². The molecule has 0 amide bonds. The molecule has 0 saturated carbocycles. The van der Waals surface area contributed by atoms with Crippen molar-refractivity contribution < 1.29 is 0 Å². The Morgan fingerprint density at radius 3 is 2.40 bits per heavy atom. The third-order valence-corrected chi connectivity index (χ3v) is 4.70. The Hall–Kier alpha value is -2.56. The molecule has 1 aliphatic heterocycles. The normalized spacial score (nSPS) is 15.4. The summed E-state index contributed by atoms with van der Waals surface area (Å²) in [5, 5.41) is 3.53. The van der Waals surface area contributed by atoms with Gasteiger partial charge in [0.25, 0.3) is 0 Å². The molecule has 0 unspecified atom stereocenters. The van der Waals surface area contributed by atoms with Crippen LogP contribution >= 0.6 is 0 Å². The minimum absolute atomic E-state index is 0.817. The number of nitrogens with zero attached hydrogens (tertiary/aromatic N) is 4. The number of anilines is 1. The van der Waals surface area contributed by atoms with Gasteiger partial charge in [-0.3, -0.25) is 4.99 Å². The van der Waals surface area contributed by atoms with E-state index in [0.29, 0.717) is 0 Å². The van der Waals surface area contributed by atoms with Gasteiger partial charge in [-0.25, -0.2) is 4.98 Å². The molecule has 1 aromatic heterocycles. The van der Waals surface area contributed by atoms with E-state index in [1.54, 1.807) is 0 Å². The van der Waals surface area contributed by atoms with Crippen LogP contribution in [0.15, 0.2) is 53.7 Å². The first kappa shape index (κ1) is 17.3. The highest BCUT2D eigenvalue weighted by Gasteiger charge is 2.20. The van der Waals surface area contributed by atoms with Crippen molar-refractivity contribution in [2.75, 3.05) is 38.1 Å². The second-order valence-electron chi connectivity index (χ2n) is 6.19. The minimum atomic E-state index is 0.817. The van der Waals surface area contributed by atoms with Gasteiger partial charge in [-0.15, -0.1) is 0 Å². The first-order valence-corrected chi connectivity index (χ1v) is 9.00. The molecule has 0 radical (unpaired) electrons. The summed E-state index contributed by atoms with van der Waals surface area (Å²) >= 11 is 0. The number of guanidine groups is 1. The summed E-state index contributed by atoms with van der Waals surface area (Å²) in [6, 6.07) is 14.7. The van der Waals surface area contributed by atoms with E-state index < -0.39 is 0 Å². The number of rotatable bonds is 4. The van der Waals surface area contributed by atoms with Gasteiger partial charge in [0.2, 0.25) is 0 Å². The van der Waals surface area contributed by atoms with Gasteiger partial charge in [0, 0.05) is 46.0 Å². The molecule has 0 bridgehead atoms. The number of aliphatic imine (C=N–C) groups is 1. The van der Waals surface area contributed by atoms with Crippen molar-refractivity contribution in [3.8, 4) is 0 Å². The van der Waals surface area contributed by atoms with Crippen LogP contribution in [-0.4, -0.2) is 49.1 Å². The van der Waals surface area contributed by atoms with Gasteiger partial charge in [-0.1, -0.05) is 37.3 Å². The number of benzene rings is 1. The molecule has 5 heteroatoms. The predicted molar refractivity (Wildman–Crippen MR) is 104 cm³/mol. The SMILES string of the molecule is CCc1ccccc1CNC(=NC)N1CCN(c2ccccn2)CC1. The maximum atomic E-state index is 4.48. The number of hydrogen-bond acceptors (Lipinski definition) is 3. The first-order valence-electron chi connectivity index (χ1n) is 9.00. The van der Waals surface area contributed by atoms with Crippen LogP contribution in [0.2, 0.25) is 0 Å². The highest BCUT2D eigenvalue weighted by atomic mass is 15.4. The number of hydrogen-bond donors (Lipinski definition) is 1. The van der Waals surface area contributed by atoms with Gasteiger partial charge in [0.1, 0.15) is 5.82 Å². The number of piperazine rings is 1. The second kappa shape index (κ2) is 8.51. The van der Waals surface area contributed by atoms with Crippen molar-refractivity contribution in [1.82, 2.24) is 15.2 Å². The Bertz CT molecular complexity index is 690. The fourth-order valence-corrected chi connectivity index (χ4v) is 3.27. The molecule has 1 fully saturated rings. The first-order chi connectivity index (χ1) is 12.3. The second-order valence-corrected chi connectivity index (χ2v) is 6.19. The van der Waals surface area contributed by atoms with Crippen molar-refractivity contribution in [2.24, 2.45) is 4.99 Å². The molecule has 0 aliphatic carbocycles. The van der Waals surface area contributed by atoms with Gasteiger partial charge < -0.3 is 15.1 Å². The van der Waals surface area contributed by atoms with E-state index in [1.165, 1.54) is 11.1 Å². The summed E-state index contributed by atoms with van der Waals surface area (Å²) in [6.45, 7) is 6.84. The Morgan fingerprint density at radius 2 is 1.76 bits per heavy atom. The van der Waals surface area contributed by atoms with Gasteiger partial charge in [-0.05, 0) is 29.7 Å². The minimum Gasteiger partial charge on any atom is -0.353 e. The maximum Gasteiger partial charge on any atom is 0.194 e. The van der Waals surface area contributed by atoms with Crippen LogP contribution in [-0.2, 0) is 13.0 Å². The third-order valence-electron chi connectivity index (χ3n) is 4.70. The lowest BCUT2D eigenvalue weighted by Crippen LogP contribution is -2.52. The molecule has 1 aromatic carbocycles. The molecule has 0 spiro atoms. The van der Waals surface area contributed by atoms with E-state index in [9.17, 15) is 0 Å². The topological polar surface area (TPSA) is 43.8 Å². The van der Waals surface area contributed by atoms with Crippen LogP contribution in [0.25, 0.3) is 0 Å². The molecule has 5 nitrogen and oxygen atoms in total. The molecular formula is C20H27N5. The molecule has 2 aromatic rings. The van der Waals surface area contributed by atoms with Crippen molar-refractivity contribution in [1.29, 1.82) is 0 Å². The van der Waals surface area contributed by atoms with Crippen molar-refractivity contribution in [3.05, 3.63) is 59.8 Å². The standard InChI is InChI=1S/C20H27N5/c1-3-17-8-4-5-9-18(17)16-23-20(21-2)25-14-12-24(13-15-25)19-10-6-7-11-22-19/h4-11H,3,12-16H2,1-2H3,(H,21,23). The van der Waals surface area contributed by atoms with E-state index in [0.717, 1.165) is 50.9 Å². The molecule has 1 aliphatic rings. The molecule has 2 heterocycles. The maximum absolute atomic E-state index is 4.48. The van der Waals surface area contributed by atoms with Crippen LogP contribution in [0.3, 0.4) is 0 Å². The fraction of sp³-hybridized carbons (Fsp3) is 0.400. The number of aryl methyl sites for hydroxylation is 1. The smallest absolute Gasteiger partial charge is 0.194 e. The van der Waals surface area contributed by atoms with Gasteiger partial charge in [0.15, 0.2) is 5.96 Å². The van der Waals surface area contributed by atoms with Crippen molar-refractivity contribution in [2.45, 2.75) is 19.9 Å². The summed E-state index contributed by atoms with van der Waals surface area (Å²) in [5.74, 6) is 2.04. The van der Waals surface area contributed by atoms with Crippen LogP contribution in [0.5, 0.6) is 0 Å². The summed E-state index contributed by atoms with van der Waals surface area (Å²) in [4.78, 5) is 13.6. The summed E-state index contributed by atoms with van der Waals surface area (Å²) in [7, 11) is 1.86. The fourth-order valence-electron chi connectivity index (χ4n) is 3.27. The summed E-state index contributed by atoms with van der Waals surface area (Å²) < 4.78 is 0. The summed E-state index contributed by atoms with van der Waals surface area (Å²) in [6.07, 6.45) is 2.91.